The first-order valence-electron chi connectivity index (χ1n) is 11.7. The summed E-state index contributed by atoms with van der Waals surface area (Å²) < 4.78 is 28.6. The minimum absolute atomic E-state index is 0.0118. The monoisotopic (exact) mass is 485 g/mol. The number of benzene rings is 2. The summed E-state index contributed by atoms with van der Waals surface area (Å²) in [5, 5.41) is 5.79. The van der Waals surface area contributed by atoms with Crippen LogP contribution >= 0.6 is 0 Å². The number of anilines is 1. The molecule has 2 aromatic carbocycles. The Balaban J connectivity index is 1.54. The van der Waals surface area contributed by atoms with Gasteiger partial charge in [0.05, 0.1) is 10.9 Å². The number of sulfonamides is 1. The summed E-state index contributed by atoms with van der Waals surface area (Å²) in [5.41, 5.74) is 6.14. The van der Waals surface area contributed by atoms with Crippen molar-refractivity contribution in [1.82, 2.24) is 10.0 Å². The summed E-state index contributed by atoms with van der Waals surface area (Å²) in [7, 11) is -3.74. The van der Waals surface area contributed by atoms with E-state index in [1.165, 1.54) is 0 Å². The van der Waals surface area contributed by atoms with E-state index in [0.717, 1.165) is 51.9 Å². The van der Waals surface area contributed by atoms with Crippen LogP contribution in [0.5, 0.6) is 0 Å². The van der Waals surface area contributed by atoms with Crippen molar-refractivity contribution in [3.63, 3.8) is 0 Å². The van der Waals surface area contributed by atoms with E-state index in [4.69, 9.17) is 0 Å². The lowest BCUT2D eigenvalue weighted by atomic mass is 9.95. The highest BCUT2D eigenvalue weighted by atomic mass is 32.2. The van der Waals surface area contributed by atoms with Gasteiger partial charge in [0, 0.05) is 24.6 Å². The lowest BCUT2D eigenvalue weighted by Gasteiger charge is -2.19. The van der Waals surface area contributed by atoms with Gasteiger partial charge in [0.25, 0.3) is 0 Å². The number of hydrogen-bond donors (Lipinski definition) is 3. The maximum absolute atomic E-state index is 13.0. The molecule has 0 aliphatic heterocycles. The number of amides is 2. The molecule has 3 N–H and O–H groups in total. The Labute approximate surface area is 202 Å². The van der Waals surface area contributed by atoms with Gasteiger partial charge < -0.3 is 10.6 Å². The Hall–Kier alpha value is -2.71. The molecule has 1 aliphatic carbocycles. The van der Waals surface area contributed by atoms with Crippen molar-refractivity contribution >= 4 is 27.5 Å². The molecule has 8 heteroatoms. The highest BCUT2D eigenvalue weighted by molar-refractivity contribution is 7.89. The summed E-state index contributed by atoms with van der Waals surface area (Å²) in [4.78, 5) is 24.6. The molecule has 184 valence electrons. The SMILES string of the molecule is Cc1c(C)c(C)c(S(=O)(=O)NCCC(=O)NC(C)c2ccc(NC(=O)C3CC3)cc2)c(C)c1C. The first-order chi connectivity index (χ1) is 15.9. The first kappa shape index (κ1) is 25.9. The van der Waals surface area contributed by atoms with Crippen LogP contribution in [0.4, 0.5) is 5.69 Å². The van der Waals surface area contributed by atoms with Gasteiger partial charge in [-0.15, -0.1) is 0 Å². The molecule has 7 nitrogen and oxygen atoms in total. The van der Waals surface area contributed by atoms with Gasteiger partial charge in [-0.05, 0) is 99.9 Å². The number of carbonyl (C=O) groups excluding carboxylic acids is 2. The highest BCUT2D eigenvalue weighted by Gasteiger charge is 2.29. The van der Waals surface area contributed by atoms with Crippen molar-refractivity contribution in [2.24, 2.45) is 5.92 Å². The van der Waals surface area contributed by atoms with Gasteiger partial charge in [-0.1, -0.05) is 12.1 Å². The molecule has 0 aromatic heterocycles. The Kier molecular flexibility index (Phi) is 7.83. The molecule has 2 aromatic rings. The second-order valence-corrected chi connectivity index (χ2v) is 11.0. The summed E-state index contributed by atoms with van der Waals surface area (Å²) >= 11 is 0. The van der Waals surface area contributed by atoms with Crippen molar-refractivity contribution in [3.8, 4) is 0 Å². The first-order valence-corrected chi connectivity index (χ1v) is 13.2. The molecule has 1 fully saturated rings. The number of rotatable bonds is 9. The molecule has 34 heavy (non-hydrogen) atoms. The van der Waals surface area contributed by atoms with Crippen LogP contribution in [-0.2, 0) is 19.6 Å². The second kappa shape index (κ2) is 10.3. The van der Waals surface area contributed by atoms with Crippen molar-refractivity contribution in [2.75, 3.05) is 11.9 Å². The normalized spacial score (nSPS) is 14.5. The van der Waals surface area contributed by atoms with Crippen molar-refractivity contribution in [1.29, 1.82) is 0 Å². The second-order valence-electron chi connectivity index (χ2n) is 9.28. The van der Waals surface area contributed by atoms with Crippen LogP contribution in [0.1, 0.15) is 65.6 Å². The van der Waals surface area contributed by atoms with Gasteiger partial charge in [-0.3, -0.25) is 9.59 Å². The maximum Gasteiger partial charge on any atom is 0.241 e. The molecule has 0 saturated heterocycles. The maximum atomic E-state index is 13.0. The molecule has 1 atom stereocenters. The van der Waals surface area contributed by atoms with Crippen LogP contribution in [0.15, 0.2) is 29.2 Å². The fourth-order valence-corrected chi connectivity index (χ4v) is 5.71. The average Bonchev–Trinajstić information content (AvgIpc) is 3.62. The van der Waals surface area contributed by atoms with Crippen molar-refractivity contribution in [2.45, 2.75) is 71.7 Å². The minimum Gasteiger partial charge on any atom is -0.350 e. The molecule has 2 amide bonds. The van der Waals surface area contributed by atoms with Gasteiger partial charge in [-0.25, -0.2) is 13.1 Å². The van der Waals surface area contributed by atoms with Gasteiger partial charge >= 0.3 is 0 Å². The van der Waals surface area contributed by atoms with Crippen molar-refractivity contribution < 1.29 is 18.0 Å². The van der Waals surface area contributed by atoms with Gasteiger partial charge in [-0.2, -0.15) is 0 Å². The lowest BCUT2D eigenvalue weighted by molar-refractivity contribution is -0.121. The van der Waals surface area contributed by atoms with Crippen LogP contribution in [0, 0.1) is 40.5 Å². The van der Waals surface area contributed by atoms with Gasteiger partial charge in [0.1, 0.15) is 0 Å². The lowest BCUT2D eigenvalue weighted by Crippen LogP contribution is -2.32. The van der Waals surface area contributed by atoms with Crippen molar-refractivity contribution in [3.05, 3.63) is 57.6 Å². The van der Waals surface area contributed by atoms with Gasteiger partial charge in [0.15, 0.2) is 0 Å². The zero-order valence-corrected chi connectivity index (χ0v) is 21.7. The average molecular weight is 486 g/mol. The van der Waals surface area contributed by atoms with E-state index in [1.54, 1.807) is 0 Å². The molecule has 0 radical (unpaired) electrons. The Morgan fingerprint density at radius 2 is 1.44 bits per heavy atom. The molecule has 3 rings (SSSR count). The van der Waals surface area contributed by atoms with E-state index in [9.17, 15) is 18.0 Å². The molecular weight excluding hydrogens is 450 g/mol. The van der Waals surface area contributed by atoms with E-state index in [2.05, 4.69) is 15.4 Å². The molecule has 0 bridgehead atoms. The summed E-state index contributed by atoms with van der Waals surface area (Å²) in [6.45, 7) is 11.4. The largest absolute Gasteiger partial charge is 0.350 e. The number of hydrogen-bond acceptors (Lipinski definition) is 4. The van der Waals surface area contributed by atoms with Crippen LogP contribution in [0.25, 0.3) is 0 Å². The van der Waals surface area contributed by atoms with E-state index in [0.29, 0.717) is 4.90 Å². The molecular formula is C26H35N3O4S. The molecule has 0 spiro atoms. The number of nitrogens with one attached hydrogen (secondary N) is 3. The molecule has 1 unspecified atom stereocenters. The molecule has 1 saturated carbocycles. The summed E-state index contributed by atoms with van der Waals surface area (Å²) in [6, 6.07) is 7.13. The van der Waals surface area contributed by atoms with Crippen LogP contribution in [-0.4, -0.2) is 26.8 Å². The standard InChI is InChI=1S/C26H35N3O4S/c1-15-16(2)18(4)25(19(5)17(15)3)34(32,33)27-14-13-24(30)28-20(6)21-9-11-23(12-10-21)29-26(31)22-7-8-22/h9-12,20,22,27H,7-8,13-14H2,1-6H3,(H,28,30)(H,29,31). The summed E-state index contributed by atoms with van der Waals surface area (Å²) in [6.07, 6.45) is 1.93. The fraction of sp³-hybridized carbons (Fsp3) is 0.462. The molecule has 1 aliphatic rings. The zero-order chi connectivity index (χ0) is 25.2. The van der Waals surface area contributed by atoms with Crippen LogP contribution < -0.4 is 15.4 Å². The Morgan fingerprint density at radius 1 is 0.912 bits per heavy atom. The quantitative estimate of drug-likeness (QED) is 0.497. The van der Waals surface area contributed by atoms with Crippen LogP contribution in [0.3, 0.4) is 0 Å². The highest BCUT2D eigenvalue weighted by Crippen LogP contribution is 2.31. The minimum atomic E-state index is -3.74. The van der Waals surface area contributed by atoms with E-state index < -0.39 is 10.0 Å². The topological polar surface area (TPSA) is 104 Å². The zero-order valence-electron chi connectivity index (χ0n) is 20.8. The molecule has 0 heterocycles. The fourth-order valence-electron chi connectivity index (χ4n) is 4.08. The number of carbonyl (C=O) groups is 2. The van der Waals surface area contributed by atoms with Gasteiger partial charge in [0.2, 0.25) is 21.8 Å². The predicted octanol–water partition coefficient (Wildman–Crippen LogP) is 4.12. The smallest absolute Gasteiger partial charge is 0.241 e. The third-order valence-electron chi connectivity index (χ3n) is 6.85. The Morgan fingerprint density at radius 3 is 1.97 bits per heavy atom. The predicted molar refractivity (Wildman–Crippen MR) is 134 cm³/mol. The third kappa shape index (κ3) is 5.85. The summed E-state index contributed by atoms with van der Waals surface area (Å²) in [5.74, 6) is -0.0499. The van der Waals surface area contributed by atoms with E-state index >= 15 is 0 Å². The van der Waals surface area contributed by atoms with E-state index in [-0.39, 0.29) is 36.7 Å². The van der Waals surface area contributed by atoms with E-state index in [1.807, 2.05) is 65.8 Å². The Bertz CT molecular complexity index is 1170. The van der Waals surface area contributed by atoms with Crippen LogP contribution in [0.2, 0.25) is 0 Å². The third-order valence-corrected chi connectivity index (χ3v) is 8.58.